The first kappa shape index (κ1) is 7.59. The van der Waals surface area contributed by atoms with Gasteiger partial charge in [0.25, 0.3) is 0 Å². The Kier molecular flexibility index (Phi) is 2.73. The van der Waals surface area contributed by atoms with Crippen LogP contribution >= 0.6 is 0 Å². The van der Waals surface area contributed by atoms with Gasteiger partial charge in [0.05, 0.1) is 18.6 Å². The first-order valence-electron chi connectivity index (χ1n) is 3.53. The highest BCUT2D eigenvalue weighted by Crippen LogP contribution is 2.19. The summed E-state index contributed by atoms with van der Waals surface area (Å²) in [7, 11) is 0. The molecule has 0 radical (unpaired) electrons. The van der Waals surface area contributed by atoms with Crippen LogP contribution in [-0.4, -0.2) is 24.4 Å². The number of hydrogen-bond acceptors (Lipinski definition) is 2. The standard InChI is InChI=1S/C8H12O2/c1-2-3-7-4-5-10-8(7)6-9/h7-9H,4-6H2,1H3. The van der Waals surface area contributed by atoms with Gasteiger partial charge in [-0.25, -0.2) is 0 Å². The van der Waals surface area contributed by atoms with Crippen LogP contribution in [0.1, 0.15) is 13.3 Å². The van der Waals surface area contributed by atoms with Crippen LogP contribution in [0.25, 0.3) is 0 Å². The molecule has 2 unspecified atom stereocenters. The van der Waals surface area contributed by atoms with Gasteiger partial charge in [-0.2, -0.15) is 0 Å². The monoisotopic (exact) mass is 140 g/mol. The van der Waals surface area contributed by atoms with Gasteiger partial charge in [0.2, 0.25) is 0 Å². The van der Waals surface area contributed by atoms with Crippen molar-refractivity contribution in [3.63, 3.8) is 0 Å². The fraction of sp³-hybridized carbons (Fsp3) is 0.750. The number of aliphatic hydroxyl groups excluding tert-OH is 1. The maximum atomic E-state index is 8.77. The van der Waals surface area contributed by atoms with E-state index in [1.165, 1.54) is 0 Å². The molecule has 0 aliphatic carbocycles. The van der Waals surface area contributed by atoms with E-state index >= 15 is 0 Å². The van der Waals surface area contributed by atoms with Crippen molar-refractivity contribution in [2.45, 2.75) is 19.4 Å². The molecule has 2 atom stereocenters. The van der Waals surface area contributed by atoms with E-state index in [4.69, 9.17) is 9.84 Å². The Hall–Kier alpha value is -0.520. The van der Waals surface area contributed by atoms with E-state index in [9.17, 15) is 0 Å². The van der Waals surface area contributed by atoms with Crippen LogP contribution in [0.5, 0.6) is 0 Å². The van der Waals surface area contributed by atoms with E-state index in [1.54, 1.807) is 0 Å². The molecule has 10 heavy (non-hydrogen) atoms. The molecular formula is C8H12O2. The minimum atomic E-state index is -0.0348. The maximum absolute atomic E-state index is 8.77. The summed E-state index contributed by atoms with van der Waals surface area (Å²) in [6.45, 7) is 2.65. The fourth-order valence-corrected chi connectivity index (χ4v) is 1.18. The van der Waals surface area contributed by atoms with Gasteiger partial charge in [0, 0.05) is 6.61 Å². The second-order valence-electron chi connectivity index (χ2n) is 2.38. The molecule has 2 heteroatoms. The third kappa shape index (κ3) is 1.50. The quantitative estimate of drug-likeness (QED) is 0.534. The lowest BCUT2D eigenvalue weighted by Gasteiger charge is -2.08. The Morgan fingerprint density at radius 1 is 1.70 bits per heavy atom. The Balaban J connectivity index is 2.47. The zero-order valence-electron chi connectivity index (χ0n) is 6.13. The van der Waals surface area contributed by atoms with E-state index in [0.717, 1.165) is 13.0 Å². The van der Waals surface area contributed by atoms with Crippen molar-refractivity contribution in [1.29, 1.82) is 0 Å². The van der Waals surface area contributed by atoms with Crippen LogP contribution in [0.15, 0.2) is 0 Å². The molecule has 1 saturated heterocycles. The summed E-state index contributed by atoms with van der Waals surface area (Å²) in [5.74, 6) is 6.10. The van der Waals surface area contributed by atoms with Gasteiger partial charge in [-0.05, 0) is 13.3 Å². The van der Waals surface area contributed by atoms with Crippen molar-refractivity contribution >= 4 is 0 Å². The summed E-state index contributed by atoms with van der Waals surface area (Å²) < 4.78 is 5.21. The van der Waals surface area contributed by atoms with Crippen LogP contribution in [0.4, 0.5) is 0 Å². The van der Waals surface area contributed by atoms with E-state index < -0.39 is 0 Å². The van der Waals surface area contributed by atoms with Gasteiger partial charge < -0.3 is 9.84 Å². The van der Waals surface area contributed by atoms with Crippen LogP contribution in [0.2, 0.25) is 0 Å². The Morgan fingerprint density at radius 3 is 3.10 bits per heavy atom. The highest BCUT2D eigenvalue weighted by atomic mass is 16.5. The Morgan fingerprint density at radius 2 is 2.50 bits per heavy atom. The fourth-order valence-electron chi connectivity index (χ4n) is 1.18. The summed E-state index contributed by atoms with van der Waals surface area (Å²) in [6.07, 6.45) is 0.930. The minimum absolute atomic E-state index is 0.0348. The van der Waals surface area contributed by atoms with Crippen molar-refractivity contribution in [3.8, 4) is 11.8 Å². The zero-order valence-corrected chi connectivity index (χ0v) is 6.13. The number of rotatable bonds is 1. The summed E-state index contributed by atoms with van der Waals surface area (Å²) >= 11 is 0. The molecule has 0 aromatic heterocycles. The molecule has 1 aliphatic heterocycles. The lowest BCUT2D eigenvalue weighted by molar-refractivity contribution is 0.0489. The summed E-state index contributed by atoms with van der Waals surface area (Å²) in [6, 6.07) is 0. The molecule has 1 rings (SSSR count). The van der Waals surface area contributed by atoms with E-state index in [1.807, 2.05) is 6.92 Å². The molecule has 0 spiro atoms. The van der Waals surface area contributed by atoms with Gasteiger partial charge in [-0.15, -0.1) is 5.92 Å². The molecule has 1 aliphatic rings. The molecule has 56 valence electrons. The third-order valence-electron chi connectivity index (χ3n) is 1.72. The first-order chi connectivity index (χ1) is 4.88. The minimum Gasteiger partial charge on any atom is -0.394 e. The van der Waals surface area contributed by atoms with Crippen molar-refractivity contribution in [2.24, 2.45) is 5.92 Å². The average Bonchev–Trinajstić information content (AvgIpc) is 2.36. The van der Waals surface area contributed by atoms with E-state index in [-0.39, 0.29) is 18.6 Å². The number of aliphatic hydroxyl groups is 1. The second kappa shape index (κ2) is 3.60. The van der Waals surface area contributed by atoms with Gasteiger partial charge in [-0.3, -0.25) is 0 Å². The van der Waals surface area contributed by atoms with Crippen molar-refractivity contribution < 1.29 is 9.84 Å². The van der Waals surface area contributed by atoms with Crippen molar-refractivity contribution in [3.05, 3.63) is 0 Å². The molecule has 0 amide bonds. The summed E-state index contributed by atoms with van der Waals surface area (Å²) in [4.78, 5) is 0. The molecule has 1 heterocycles. The molecule has 0 bridgehead atoms. The van der Waals surface area contributed by atoms with Gasteiger partial charge in [-0.1, -0.05) is 5.92 Å². The average molecular weight is 140 g/mol. The highest BCUT2D eigenvalue weighted by molar-refractivity contribution is 5.05. The largest absolute Gasteiger partial charge is 0.394 e. The van der Waals surface area contributed by atoms with Crippen molar-refractivity contribution in [1.82, 2.24) is 0 Å². The maximum Gasteiger partial charge on any atom is 0.0943 e. The second-order valence-corrected chi connectivity index (χ2v) is 2.38. The van der Waals surface area contributed by atoms with Crippen LogP contribution in [0, 0.1) is 17.8 Å². The molecule has 2 nitrogen and oxygen atoms in total. The van der Waals surface area contributed by atoms with Gasteiger partial charge >= 0.3 is 0 Å². The molecule has 1 N–H and O–H groups in total. The van der Waals surface area contributed by atoms with Crippen LogP contribution in [-0.2, 0) is 4.74 Å². The topological polar surface area (TPSA) is 29.5 Å². The number of hydrogen-bond donors (Lipinski definition) is 1. The molecular weight excluding hydrogens is 128 g/mol. The predicted octanol–water partition coefficient (Wildman–Crippen LogP) is 0.407. The smallest absolute Gasteiger partial charge is 0.0943 e. The molecule has 1 fully saturated rings. The third-order valence-corrected chi connectivity index (χ3v) is 1.72. The van der Waals surface area contributed by atoms with Crippen LogP contribution < -0.4 is 0 Å². The lowest BCUT2D eigenvalue weighted by Crippen LogP contribution is -2.18. The van der Waals surface area contributed by atoms with E-state index in [2.05, 4.69) is 11.8 Å². The molecule has 0 saturated carbocycles. The Labute approximate surface area is 61.2 Å². The van der Waals surface area contributed by atoms with Crippen LogP contribution in [0.3, 0.4) is 0 Å². The summed E-state index contributed by atoms with van der Waals surface area (Å²) in [5.41, 5.74) is 0. The van der Waals surface area contributed by atoms with Crippen molar-refractivity contribution in [2.75, 3.05) is 13.2 Å². The molecule has 0 aromatic rings. The number of ether oxygens (including phenoxy) is 1. The SMILES string of the molecule is CC#CC1CCOC1CO. The predicted molar refractivity (Wildman–Crippen MR) is 38.4 cm³/mol. The lowest BCUT2D eigenvalue weighted by atomic mass is 10.0. The van der Waals surface area contributed by atoms with Gasteiger partial charge in [0.15, 0.2) is 0 Å². The molecule has 0 aromatic carbocycles. The summed E-state index contributed by atoms with van der Waals surface area (Å²) in [5, 5.41) is 8.77. The highest BCUT2D eigenvalue weighted by Gasteiger charge is 2.25. The van der Waals surface area contributed by atoms with Gasteiger partial charge in [0.1, 0.15) is 0 Å². The normalized spacial score (nSPS) is 31.4. The Bertz CT molecular complexity index is 154. The zero-order chi connectivity index (χ0) is 7.40. The first-order valence-corrected chi connectivity index (χ1v) is 3.53. The van der Waals surface area contributed by atoms with E-state index in [0.29, 0.717) is 0 Å².